The largest absolute Gasteiger partial charge is 0.488 e. The monoisotopic (exact) mass is 468 g/mol. The van der Waals surface area contributed by atoms with Gasteiger partial charge in [0.15, 0.2) is 0 Å². The molecule has 6 atom stereocenters. The Morgan fingerprint density at radius 2 is 1.69 bits per heavy atom. The van der Waals surface area contributed by atoms with Crippen LogP contribution in [0.2, 0.25) is 5.02 Å². The fourth-order valence-electron chi connectivity index (χ4n) is 3.54. The fraction of sp³-hybridized carbons (Fsp3) is 0.478. The molecule has 176 valence electrons. The van der Waals surface area contributed by atoms with Crippen molar-refractivity contribution in [2.75, 3.05) is 19.8 Å². The van der Waals surface area contributed by atoms with Crippen LogP contribution in [0.15, 0.2) is 42.5 Å². The lowest BCUT2D eigenvalue weighted by molar-refractivity contribution is -0.141. The first-order valence-electron chi connectivity index (χ1n) is 10.4. The predicted octanol–water partition coefficient (Wildman–Crippen LogP) is 0.568. The molecule has 2 aromatic carbocycles. The Kier molecular flexibility index (Phi) is 8.87. The van der Waals surface area contributed by atoms with Crippen molar-refractivity contribution in [1.82, 2.24) is 0 Å². The first kappa shape index (κ1) is 24.9. The molecule has 1 saturated heterocycles. The first-order chi connectivity index (χ1) is 15.3. The zero-order chi connectivity index (χ0) is 23.3. The van der Waals surface area contributed by atoms with E-state index in [0.29, 0.717) is 30.2 Å². The van der Waals surface area contributed by atoms with Crippen molar-refractivity contribution < 1.29 is 40.1 Å². The second-order valence-electron chi connectivity index (χ2n) is 7.94. The molecule has 0 saturated carbocycles. The van der Waals surface area contributed by atoms with Crippen LogP contribution < -0.4 is 4.74 Å². The molecular formula is C23H29ClO8. The summed E-state index contributed by atoms with van der Waals surface area (Å²) in [5, 5.41) is 59.4. The third kappa shape index (κ3) is 6.18. The third-order valence-corrected chi connectivity index (χ3v) is 5.89. The van der Waals surface area contributed by atoms with Crippen LogP contribution in [0.25, 0.3) is 0 Å². The van der Waals surface area contributed by atoms with E-state index in [1.807, 2.05) is 24.3 Å². The highest BCUT2D eigenvalue weighted by Gasteiger charge is 2.34. The lowest BCUT2D eigenvalue weighted by Crippen LogP contribution is -2.47. The lowest BCUT2D eigenvalue weighted by Gasteiger charge is -2.28. The summed E-state index contributed by atoms with van der Waals surface area (Å²) >= 11 is 6.32. The van der Waals surface area contributed by atoms with Gasteiger partial charge in [-0.25, -0.2) is 0 Å². The summed E-state index contributed by atoms with van der Waals surface area (Å²) in [4.78, 5) is 0. The van der Waals surface area contributed by atoms with Gasteiger partial charge in [-0.2, -0.15) is 0 Å². The highest BCUT2D eigenvalue weighted by atomic mass is 35.5. The number of rotatable bonds is 10. The van der Waals surface area contributed by atoms with Gasteiger partial charge < -0.3 is 40.1 Å². The van der Waals surface area contributed by atoms with Crippen LogP contribution in [-0.2, 0) is 11.2 Å². The Bertz CT molecular complexity index is 856. The molecule has 0 spiro atoms. The van der Waals surface area contributed by atoms with Crippen molar-refractivity contribution in [1.29, 1.82) is 0 Å². The molecule has 8 nitrogen and oxygen atoms in total. The molecule has 6 N–H and O–H groups in total. The molecule has 9 heteroatoms. The highest BCUT2D eigenvalue weighted by Crippen LogP contribution is 2.28. The number of hydrogen-bond acceptors (Lipinski definition) is 8. The maximum atomic E-state index is 10.5. The molecule has 0 aromatic heterocycles. The molecule has 0 aliphatic carbocycles. The van der Waals surface area contributed by atoms with Crippen molar-refractivity contribution in [2.45, 2.75) is 49.5 Å². The Morgan fingerprint density at radius 3 is 2.31 bits per heavy atom. The van der Waals surface area contributed by atoms with E-state index in [1.165, 1.54) is 6.07 Å². The molecular weight excluding hydrogens is 440 g/mol. The van der Waals surface area contributed by atoms with E-state index in [2.05, 4.69) is 0 Å². The van der Waals surface area contributed by atoms with E-state index in [-0.39, 0.29) is 11.7 Å². The summed E-state index contributed by atoms with van der Waals surface area (Å²) < 4.78 is 11.2. The Balaban J connectivity index is 1.68. The lowest BCUT2D eigenvalue weighted by atomic mass is 9.93. The van der Waals surface area contributed by atoms with Crippen LogP contribution in [0.1, 0.15) is 29.2 Å². The van der Waals surface area contributed by atoms with Crippen molar-refractivity contribution >= 4 is 11.6 Å². The van der Waals surface area contributed by atoms with Gasteiger partial charge in [0.05, 0.1) is 19.8 Å². The van der Waals surface area contributed by atoms with Crippen molar-refractivity contribution in [3.05, 3.63) is 64.2 Å². The molecule has 1 fully saturated rings. The van der Waals surface area contributed by atoms with E-state index in [0.717, 1.165) is 17.7 Å². The van der Waals surface area contributed by atoms with Crippen molar-refractivity contribution in [3.63, 3.8) is 0 Å². The summed E-state index contributed by atoms with van der Waals surface area (Å²) in [6.07, 6.45) is -7.31. The fourth-order valence-corrected chi connectivity index (χ4v) is 3.72. The Hall–Kier alpha value is -1.75. The van der Waals surface area contributed by atoms with Gasteiger partial charge in [-0.3, -0.25) is 0 Å². The summed E-state index contributed by atoms with van der Waals surface area (Å²) in [6, 6.07) is 12.2. The second kappa shape index (κ2) is 11.4. The average Bonchev–Trinajstić information content (AvgIpc) is 3.32. The topological polar surface area (TPSA) is 140 Å². The van der Waals surface area contributed by atoms with Gasteiger partial charge in [-0.15, -0.1) is 0 Å². The normalized spacial score (nSPS) is 21.0. The third-order valence-electron chi connectivity index (χ3n) is 5.52. The van der Waals surface area contributed by atoms with E-state index in [4.69, 9.17) is 26.2 Å². The molecule has 0 bridgehead atoms. The SMILES string of the molecule is OC[C@@H](O)[C@@H](O)[C@H](O)[C@@H](O)[C@H](O)c1ccc(Cl)c(Cc2ccc(O[C@@H]3CCOC3)cc2)c1. The standard InChI is InChI=1S/C23H29ClO8/c24-18-6-3-14(20(27)22(29)23(30)21(28)19(26)11-25)10-15(18)9-13-1-4-16(5-2-13)32-17-7-8-31-12-17/h1-6,10,17,19-23,25-30H,7-9,11-12H2/t17-,19-,20-,21-,22+,23+/m1/s1. The number of hydrogen-bond donors (Lipinski definition) is 6. The summed E-state index contributed by atoms with van der Waals surface area (Å²) in [6.45, 7) is 0.490. The maximum Gasteiger partial charge on any atom is 0.124 e. The van der Waals surface area contributed by atoms with Gasteiger partial charge in [0, 0.05) is 11.4 Å². The van der Waals surface area contributed by atoms with E-state index in [1.54, 1.807) is 12.1 Å². The smallest absolute Gasteiger partial charge is 0.124 e. The zero-order valence-electron chi connectivity index (χ0n) is 17.4. The number of ether oxygens (including phenoxy) is 2. The van der Waals surface area contributed by atoms with Crippen LogP contribution in [0, 0.1) is 0 Å². The first-order valence-corrected chi connectivity index (χ1v) is 10.8. The summed E-state index contributed by atoms with van der Waals surface area (Å²) in [5.41, 5.74) is 1.93. The van der Waals surface area contributed by atoms with Gasteiger partial charge in [0.2, 0.25) is 0 Å². The zero-order valence-corrected chi connectivity index (χ0v) is 18.2. The molecule has 1 aliphatic rings. The molecule has 0 amide bonds. The van der Waals surface area contributed by atoms with Crippen LogP contribution in [-0.4, -0.2) is 81.0 Å². The van der Waals surface area contributed by atoms with Crippen LogP contribution in [0.3, 0.4) is 0 Å². The molecule has 1 heterocycles. The van der Waals surface area contributed by atoms with Crippen LogP contribution in [0.5, 0.6) is 5.75 Å². The van der Waals surface area contributed by atoms with Crippen molar-refractivity contribution in [2.24, 2.45) is 0 Å². The molecule has 1 aliphatic heterocycles. The minimum Gasteiger partial charge on any atom is -0.488 e. The molecule has 0 radical (unpaired) electrons. The van der Waals surface area contributed by atoms with Crippen LogP contribution >= 0.6 is 11.6 Å². The quantitative estimate of drug-likeness (QED) is 0.297. The second-order valence-corrected chi connectivity index (χ2v) is 8.35. The Labute approximate surface area is 191 Å². The van der Waals surface area contributed by atoms with Gasteiger partial charge >= 0.3 is 0 Å². The van der Waals surface area contributed by atoms with Gasteiger partial charge in [0.25, 0.3) is 0 Å². The van der Waals surface area contributed by atoms with Gasteiger partial charge in [-0.05, 0) is 41.3 Å². The number of halogens is 1. The minimum absolute atomic E-state index is 0.0623. The minimum atomic E-state index is -1.87. The molecule has 32 heavy (non-hydrogen) atoms. The number of aliphatic hydroxyl groups is 6. The number of aliphatic hydroxyl groups excluding tert-OH is 6. The van der Waals surface area contributed by atoms with E-state index in [9.17, 15) is 25.5 Å². The molecule has 0 unspecified atom stereocenters. The van der Waals surface area contributed by atoms with Gasteiger partial charge in [0.1, 0.15) is 42.4 Å². The summed E-state index contributed by atoms with van der Waals surface area (Å²) in [5.74, 6) is 0.750. The number of benzene rings is 2. The van der Waals surface area contributed by atoms with E-state index >= 15 is 0 Å². The van der Waals surface area contributed by atoms with Crippen LogP contribution in [0.4, 0.5) is 0 Å². The average molecular weight is 469 g/mol. The highest BCUT2D eigenvalue weighted by molar-refractivity contribution is 6.31. The van der Waals surface area contributed by atoms with Gasteiger partial charge in [-0.1, -0.05) is 35.9 Å². The van der Waals surface area contributed by atoms with E-state index < -0.39 is 37.1 Å². The molecule has 3 rings (SSSR count). The van der Waals surface area contributed by atoms with Crippen molar-refractivity contribution in [3.8, 4) is 5.75 Å². The predicted molar refractivity (Wildman–Crippen MR) is 117 cm³/mol. The maximum absolute atomic E-state index is 10.5. The Morgan fingerprint density at radius 1 is 0.969 bits per heavy atom. The summed E-state index contributed by atoms with van der Waals surface area (Å²) in [7, 11) is 0. The molecule has 2 aromatic rings.